The van der Waals surface area contributed by atoms with Crippen LogP contribution >= 0.6 is 0 Å². The number of halogens is 3. The monoisotopic (exact) mass is 186 g/mol. The van der Waals surface area contributed by atoms with Crippen molar-refractivity contribution in [2.24, 2.45) is 5.73 Å². The number of hydrogen-bond donors (Lipinski definition) is 1. The largest absolute Gasteiger partial charge is 0.312 e. The third-order valence-corrected chi connectivity index (χ3v) is 1.51. The molecule has 0 aliphatic carbocycles. The Morgan fingerprint density at radius 3 is 2.23 bits per heavy atom. The summed E-state index contributed by atoms with van der Waals surface area (Å²) in [5.41, 5.74) is 4.78. The van der Waals surface area contributed by atoms with Gasteiger partial charge in [-0.3, -0.25) is 0 Å². The topological polar surface area (TPSA) is 49.8 Å². The number of nitriles is 1. The molecule has 13 heavy (non-hydrogen) atoms. The predicted octanol–water partition coefficient (Wildman–Crippen LogP) is 1.63. The first-order valence-electron chi connectivity index (χ1n) is 3.36. The van der Waals surface area contributed by atoms with Crippen LogP contribution in [0.5, 0.6) is 0 Å². The molecule has 0 radical (unpaired) electrons. The molecule has 0 aliphatic rings. The lowest BCUT2D eigenvalue weighted by atomic mass is 10.1. The van der Waals surface area contributed by atoms with Crippen LogP contribution in [0.4, 0.5) is 13.2 Å². The third kappa shape index (κ3) is 1.79. The first kappa shape index (κ1) is 9.55. The molecule has 5 heteroatoms. The molecule has 1 unspecified atom stereocenters. The Bertz CT molecular complexity index is 370. The van der Waals surface area contributed by atoms with E-state index < -0.39 is 23.5 Å². The van der Waals surface area contributed by atoms with Gasteiger partial charge in [0.2, 0.25) is 0 Å². The number of rotatable bonds is 1. The van der Waals surface area contributed by atoms with Crippen molar-refractivity contribution in [2.75, 3.05) is 0 Å². The summed E-state index contributed by atoms with van der Waals surface area (Å²) in [5.74, 6) is -3.54. The average molecular weight is 186 g/mol. The summed E-state index contributed by atoms with van der Waals surface area (Å²) in [6.07, 6.45) is 0. The number of nitrogens with two attached hydrogens (primary N) is 1. The first-order valence-corrected chi connectivity index (χ1v) is 3.36. The summed E-state index contributed by atoms with van der Waals surface area (Å²) in [7, 11) is 0. The van der Waals surface area contributed by atoms with E-state index in [9.17, 15) is 13.2 Å². The van der Waals surface area contributed by atoms with E-state index in [1.807, 2.05) is 0 Å². The van der Waals surface area contributed by atoms with E-state index >= 15 is 0 Å². The smallest absolute Gasteiger partial charge is 0.161 e. The van der Waals surface area contributed by atoms with Gasteiger partial charge >= 0.3 is 0 Å². The SMILES string of the molecule is N#CC(N)c1cc(F)c(F)cc1F. The highest BCUT2D eigenvalue weighted by atomic mass is 19.2. The fraction of sp³-hybridized carbons (Fsp3) is 0.125. The maximum Gasteiger partial charge on any atom is 0.161 e. The second-order valence-corrected chi connectivity index (χ2v) is 2.39. The molecule has 1 rings (SSSR count). The minimum absolute atomic E-state index is 0.346. The Morgan fingerprint density at radius 2 is 1.69 bits per heavy atom. The standard InChI is InChI=1S/C8H5F3N2/c9-5-2-7(11)6(10)1-4(5)8(13)3-12/h1-2,8H,13H2. The molecule has 0 saturated heterocycles. The molecule has 0 spiro atoms. The Balaban J connectivity index is 3.25. The van der Waals surface area contributed by atoms with Gasteiger partial charge in [0.05, 0.1) is 6.07 Å². The Hall–Kier alpha value is -1.54. The molecule has 68 valence electrons. The lowest BCUT2D eigenvalue weighted by Crippen LogP contribution is -2.10. The molecular weight excluding hydrogens is 181 g/mol. The van der Waals surface area contributed by atoms with E-state index in [1.165, 1.54) is 6.07 Å². The molecule has 1 aromatic rings. The number of hydrogen-bond acceptors (Lipinski definition) is 2. The van der Waals surface area contributed by atoms with E-state index in [0.717, 1.165) is 0 Å². The van der Waals surface area contributed by atoms with Crippen LogP contribution in [0.25, 0.3) is 0 Å². The van der Waals surface area contributed by atoms with E-state index in [0.29, 0.717) is 12.1 Å². The predicted molar refractivity (Wildman–Crippen MR) is 38.9 cm³/mol. The highest BCUT2D eigenvalue weighted by Crippen LogP contribution is 2.18. The maximum atomic E-state index is 12.8. The van der Waals surface area contributed by atoms with Crippen LogP contribution in [0.15, 0.2) is 12.1 Å². The van der Waals surface area contributed by atoms with Gasteiger partial charge < -0.3 is 5.73 Å². The minimum atomic E-state index is -1.30. The van der Waals surface area contributed by atoms with Crippen LogP contribution in [0.1, 0.15) is 11.6 Å². The highest BCUT2D eigenvalue weighted by Gasteiger charge is 2.14. The maximum absolute atomic E-state index is 12.8. The second-order valence-electron chi connectivity index (χ2n) is 2.39. The molecule has 0 saturated carbocycles. The Labute approximate surface area is 72.4 Å². The van der Waals surface area contributed by atoms with Crippen LogP contribution < -0.4 is 5.73 Å². The number of benzene rings is 1. The van der Waals surface area contributed by atoms with Gasteiger partial charge in [-0.1, -0.05) is 0 Å². The Kier molecular flexibility index (Phi) is 2.54. The van der Waals surface area contributed by atoms with Crippen molar-refractivity contribution in [3.05, 3.63) is 35.1 Å². The summed E-state index contributed by atoms with van der Waals surface area (Å²) in [6.45, 7) is 0. The van der Waals surface area contributed by atoms with Gasteiger partial charge in [-0.2, -0.15) is 5.26 Å². The van der Waals surface area contributed by atoms with Crippen molar-refractivity contribution in [1.29, 1.82) is 5.26 Å². The van der Waals surface area contributed by atoms with Gasteiger partial charge in [0.15, 0.2) is 11.6 Å². The molecule has 0 bridgehead atoms. The molecule has 2 nitrogen and oxygen atoms in total. The zero-order chi connectivity index (χ0) is 10.0. The van der Waals surface area contributed by atoms with Gasteiger partial charge in [0.25, 0.3) is 0 Å². The molecule has 2 N–H and O–H groups in total. The van der Waals surface area contributed by atoms with Gasteiger partial charge in [0, 0.05) is 11.6 Å². The summed E-state index contributed by atoms with van der Waals surface area (Å²) in [6, 6.07) is 1.18. The molecule has 1 atom stereocenters. The molecule has 0 fully saturated rings. The molecule has 0 aromatic heterocycles. The number of nitrogens with zero attached hydrogens (tertiary/aromatic N) is 1. The van der Waals surface area contributed by atoms with Crippen molar-refractivity contribution < 1.29 is 13.2 Å². The fourth-order valence-corrected chi connectivity index (χ4v) is 0.846. The van der Waals surface area contributed by atoms with Crippen molar-refractivity contribution in [3.8, 4) is 6.07 Å². The fourth-order valence-electron chi connectivity index (χ4n) is 0.846. The van der Waals surface area contributed by atoms with E-state index in [1.54, 1.807) is 0 Å². The third-order valence-electron chi connectivity index (χ3n) is 1.51. The van der Waals surface area contributed by atoms with Crippen LogP contribution in [0.3, 0.4) is 0 Å². The summed E-state index contributed by atoms with van der Waals surface area (Å²) in [5, 5.41) is 8.31. The van der Waals surface area contributed by atoms with Crippen molar-refractivity contribution >= 4 is 0 Å². The van der Waals surface area contributed by atoms with Crippen LogP contribution in [0.2, 0.25) is 0 Å². The molecule has 0 heterocycles. The lowest BCUT2D eigenvalue weighted by molar-refractivity contribution is 0.488. The van der Waals surface area contributed by atoms with Crippen molar-refractivity contribution in [1.82, 2.24) is 0 Å². The zero-order valence-corrected chi connectivity index (χ0v) is 6.39. The van der Waals surface area contributed by atoms with Crippen LogP contribution in [-0.2, 0) is 0 Å². The van der Waals surface area contributed by atoms with Gasteiger partial charge in [-0.25, -0.2) is 13.2 Å². The molecule has 0 amide bonds. The van der Waals surface area contributed by atoms with Crippen molar-refractivity contribution in [2.45, 2.75) is 6.04 Å². The molecular formula is C8H5F3N2. The minimum Gasteiger partial charge on any atom is -0.312 e. The van der Waals surface area contributed by atoms with E-state index in [2.05, 4.69) is 0 Å². The average Bonchev–Trinajstić information content (AvgIpc) is 2.10. The summed E-state index contributed by atoms with van der Waals surface area (Å²) < 4.78 is 37.8. The summed E-state index contributed by atoms with van der Waals surface area (Å²) in [4.78, 5) is 0. The van der Waals surface area contributed by atoms with E-state index in [4.69, 9.17) is 11.0 Å². The second kappa shape index (κ2) is 3.46. The zero-order valence-electron chi connectivity index (χ0n) is 6.39. The molecule has 0 aliphatic heterocycles. The van der Waals surface area contributed by atoms with Gasteiger partial charge in [-0.15, -0.1) is 0 Å². The van der Waals surface area contributed by atoms with Gasteiger partial charge in [0.1, 0.15) is 11.9 Å². The quantitative estimate of drug-likeness (QED) is 0.677. The normalized spacial score (nSPS) is 12.2. The Morgan fingerprint density at radius 1 is 1.15 bits per heavy atom. The van der Waals surface area contributed by atoms with Crippen molar-refractivity contribution in [3.63, 3.8) is 0 Å². The van der Waals surface area contributed by atoms with E-state index in [-0.39, 0.29) is 5.56 Å². The van der Waals surface area contributed by atoms with Crippen LogP contribution in [0, 0.1) is 28.8 Å². The van der Waals surface area contributed by atoms with Crippen LogP contribution in [-0.4, -0.2) is 0 Å². The molecule has 1 aromatic carbocycles. The summed E-state index contributed by atoms with van der Waals surface area (Å²) >= 11 is 0. The lowest BCUT2D eigenvalue weighted by Gasteiger charge is -2.04. The highest BCUT2D eigenvalue weighted by molar-refractivity contribution is 5.26. The van der Waals surface area contributed by atoms with Gasteiger partial charge in [-0.05, 0) is 6.07 Å². The first-order chi connectivity index (χ1) is 6.06.